The number of pyridine rings is 2. The van der Waals surface area contributed by atoms with Crippen molar-refractivity contribution in [2.24, 2.45) is 11.8 Å². The Bertz CT molecular complexity index is 735. The number of likely N-dealkylation sites (tertiary alicyclic amines) is 1. The second kappa shape index (κ2) is 6.80. The van der Waals surface area contributed by atoms with Crippen molar-refractivity contribution in [1.29, 1.82) is 0 Å². The largest absolute Gasteiger partial charge is 0.376 e. The van der Waals surface area contributed by atoms with Gasteiger partial charge in [-0.15, -0.1) is 0 Å². The van der Waals surface area contributed by atoms with Crippen LogP contribution < -0.4 is 5.32 Å². The summed E-state index contributed by atoms with van der Waals surface area (Å²) in [5.74, 6) is 1.68. The fraction of sp³-hybridized carbons (Fsp3) is 0.421. The van der Waals surface area contributed by atoms with Gasteiger partial charge in [0.1, 0.15) is 5.82 Å². The average molecular weight is 338 g/mol. The van der Waals surface area contributed by atoms with E-state index < -0.39 is 0 Å². The predicted molar refractivity (Wildman–Crippen MR) is 94.3 cm³/mol. The van der Waals surface area contributed by atoms with Crippen LogP contribution in [-0.4, -0.2) is 53.1 Å². The molecule has 2 saturated heterocycles. The zero-order valence-electron chi connectivity index (χ0n) is 14.3. The highest BCUT2D eigenvalue weighted by Crippen LogP contribution is 2.34. The van der Waals surface area contributed by atoms with Crippen LogP contribution in [0.4, 0.5) is 5.82 Å². The van der Waals surface area contributed by atoms with E-state index in [-0.39, 0.29) is 12.0 Å². The summed E-state index contributed by atoms with van der Waals surface area (Å²) in [6.45, 7) is 4.88. The second-order valence-corrected chi connectivity index (χ2v) is 6.79. The van der Waals surface area contributed by atoms with Gasteiger partial charge in [-0.25, -0.2) is 4.98 Å². The molecule has 4 heterocycles. The third kappa shape index (κ3) is 3.35. The number of anilines is 1. The van der Waals surface area contributed by atoms with Crippen LogP contribution in [0.25, 0.3) is 0 Å². The van der Waals surface area contributed by atoms with Crippen molar-refractivity contribution >= 4 is 11.7 Å². The van der Waals surface area contributed by atoms with Crippen LogP contribution in [0, 0.1) is 18.8 Å². The first-order valence-electron chi connectivity index (χ1n) is 8.69. The van der Waals surface area contributed by atoms with Gasteiger partial charge >= 0.3 is 0 Å². The normalized spacial score (nSPS) is 25.0. The summed E-state index contributed by atoms with van der Waals surface area (Å²) >= 11 is 0. The highest BCUT2D eigenvalue weighted by molar-refractivity contribution is 5.94. The van der Waals surface area contributed by atoms with Gasteiger partial charge in [-0.2, -0.15) is 0 Å². The molecule has 130 valence electrons. The topological polar surface area (TPSA) is 67.4 Å². The first-order chi connectivity index (χ1) is 12.2. The minimum absolute atomic E-state index is 0.0435. The minimum Gasteiger partial charge on any atom is -0.376 e. The Labute approximate surface area is 147 Å². The standard InChI is InChI=1S/C19H22N4O2/c1-13-5-6-14(8-21-13)19(24)23-10-16-15(12-25-17(16)11-23)9-22-18-4-2-3-7-20-18/h2-8,15-17H,9-12H2,1H3,(H,20,22)/t15-,16-,17-/m0/s1. The van der Waals surface area contributed by atoms with E-state index in [1.165, 1.54) is 0 Å². The lowest BCUT2D eigenvalue weighted by Gasteiger charge is -2.20. The van der Waals surface area contributed by atoms with E-state index in [9.17, 15) is 4.79 Å². The van der Waals surface area contributed by atoms with Crippen LogP contribution in [0.3, 0.4) is 0 Å². The SMILES string of the molecule is Cc1ccc(C(=O)N2C[C@H]3[C@@H](CNc4ccccn4)CO[C@H]3C2)cn1. The molecule has 0 spiro atoms. The van der Waals surface area contributed by atoms with E-state index in [4.69, 9.17) is 4.74 Å². The van der Waals surface area contributed by atoms with Crippen LogP contribution in [0.1, 0.15) is 16.1 Å². The van der Waals surface area contributed by atoms with Gasteiger partial charge in [0, 0.05) is 49.6 Å². The fourth-order valence-corrected chi connectivity index (χ4v) is 3.65. The van der Waals surface area contributed by atoms with Crippen molar-refractivity contribution in [2.75, 3.05) is 31.6 Å². The lowest BCUT2D eigenvalue weighted by atomic mass is 9.93. The van der Waals surface area contributed by atoms with Crippen molar-refractivity contribution < 1.29 is 9.53 Å². The molecule has 2 aliphatic rings. The summed E-state index contributed by atoms with van der Waals surface area (Å²) in [6.07, 6.45) is 3.58. The number of amides is 1. The maximum absolute atomic E-state index is 12.7. The quantitative estimate of drug-likeness (QED) is 0.923. The number of hydrogen-bond acceptors (Lipinski definition) is 5. The molecule has 0 unspecified atom stereocenters. The molecule has 3 atom stereocenters. The number of aromatic nitrogens is 2. The number of nitrogens with zero attached hydrogens (tertiary/aromatic N) is 3. The Morgan fingerprint density at radius 2 is 2.20 bits per heavy atom. The molecular formula is C19H22N4O2. The molecule has 0 radical (unpaired) electrons. The van der Waals surface area contributed by atoms with Crippen molar-refractivity contribution in [3.05, 3.63) is 54.0 Å². The van der Waals surface area contributed by atoms with E-state index >= 15 is 0 Å². The second-order valence-electron chi connectivity index (χ2n) is 6.79. The molecule has 2 fully saturated rings. The Balaban J connectivity index is 1.37. The minimum atomic E-state index is 0.0435. The molecule has 0 aromatic carbocycles. The van der Waals surface area contributed by atoms with Crippen LogP contribution >= 0.6 is 0 Å². The monoisotopic (exact) mass is 338 g/mol. The molecule has 0 bridgehead atoms. The summed E-state index contributed by atoms with van der Waals surface area (Å²) in [5.41, 5.74) is 1.56. The first kappa shape index (κ1) is 16.0. The molecule has 0 aliphatic carbocycles. The molecule has 2 aliphatic heterocycles. The fourth-order valence-electron chi connectivity index (χ4n) is 3.65. The van der Waals surface area contributed by atoms with Crippen LogP contribution in [0.15, 0.2) is 42.7 Å². The highest BCUT2D eigenvalue weighted by Gasteiger charge is 2.45. The van der Waals surface area contributed by atoms with Gasteiger partial charge in [-0.1, -0.05) is 6.07 Å². The Kier molecular flexibility index (Phi) is 4.36. The zero-order chi connectivity index (χ0) is 17.2. The highest BCUT2D eigenvalue weighted by atomic mass is 16.5. The maximum Gasteiger partial charge on any atom is 0.255 e. The Morgan fingerprint density at radius 3 is 2.96 bits per heavy atom. The number of carbonyl (C=O) groups is 1. The molecule has 6 heteroatoms. The van der Waals surface area contributed by atoms with Gasteiger partial charge in [0.15, 0.2) is 0 Å². The molecule has 0 saturated carbocycles. The summed E-state index contributed by atoms with van der Waals surface area (Å²) < 4.78 is 5.94. The first-order valence-corrected chi connectivity index (χ1v) is 8.69. The molecule has 25 heavy (non-hydrogen) atoms. The smallest absolute Gasteiger partial charge is 0.255 e. The predicted octanol–water partition coefficient (Wildman–Crippen LogP) is 1.98. The zero-order valence-corrected chi connectivity index (χ0v) is 14.3. The van der Waals surface area contributed by atoms with E-state index in [1.807, 2.05) is 42.2 Å². The summed E-state index contributed by atoms with van der Waals surface area (Å²) in [6, 6.07) is 9.55. The Morgan fingerprint density at radius 1 is 1.28 bits per heavy atom. The van der Waals surface area contributed by atoms with Gasteiger partial charge in [-0.05, 0) is 31.2 Å². The summed E-state index contributed by atoms with van der Waals surface area (Å²) in [7, 11) is 0. The van der Waals surface area contributed by atoms with Gasteiger partial charge in [0.05, 0.1) is 18.3 Å². The lowest BCUT2D eigenvalue weighted by molar-refractivity contribution is 0.0680. The van der Waals surface area contributed by atoms with E-state index in [0.717, 1.165) is 31.2 Å². The third-order valence-corrected chi connectivity index (χ3v) is 5.09. The summed E-state index contributed by atoms with van der Waals surface area (Å²) in [4.78, 5) is 23.1. The molecule has 1 N–H and O–H groups in total. The number of aryl methyl sites for hydroxylation is 1. The number of rotatable bonds is 4. The van der Waals surface area contributed by atoms with Crippen LogP contribution in [0.5, 0.6) is 0 Å². The third-order valence-electron chi connectivity index (χ3n) is 5.09. The summed E-state index contributed by atoms with van der Waals surface area (Å²) in [5, 5.41) is 3.38. The average Bonchev–Trinajstić information content (AvgIpc) is 3.22. The van der Waals surface area contributed by atoms with Crippen LogP contribution in [-0.2, 0) is 4.74 Å². The molecular weight excluding hydrogens is 316 g/mol. The van der Waals surface area contributed by atoms with E-state index in [2.05, 4.69) is 15.3 Å². The Hall–Kier alpha value is -2.47. The van der Waals surface area contributed by atoms with Crippen molar-refractivity contribution in [3.63, 3.8) is 0 Å². The molecule has 4 rings (SSSR count). The lowest BCUT2D eigenvalue weighted by Crippen LogP contribution is -2.32. The number of fused-ring (bicyclic) bond motifs is 1. The van der Waals surface area contributed by atoms with Crippen LogP contribution in [0.2, 0.25) is 0 Å². The number of carbonyl (C=O) groups excluding carboxylic acids is 1. The van der Waals surface area contributed by atoms with Crippen molar-refractivity contribution in [3.8, 4) is 0 Å². The van der Waals surface area contributed by atoms with E-state index in [0.29, 0.717) is 23.9 Å². The van der Waals surface area contributed by atoms with Crippen molar-refractivity contribution in [1.82, 2.24) is 14.9 Å². The van der Waals surface area contributed by atoms with E-state index in [1.54, 1.807) is 12.4 Å². The molecule has 1 amide bonds. The number of nitrogens with one attached hydrogen (secondary N) is 1. The number of ether oxygens (including phenoxy) is 1. The molecule has 2 aromatic heterocycles. The number of hydrogen-bond donors (Lipinski definition) is 1. The van der Waals surface area contributed by atoms with Gasteiger partial charge in [0.2, 0.25) is 0 Å². The maximum atomic E-state index is 12.7. The van der Waals surface area contributed by atoms with Gasteiger partial charge in [-0.3, -0.25) is 9.78 Å². The molecule has 6 nitrogen and oxygen atoms in total. The molecule has 2 aromatic rings. The van der Waals surface area contributed by atoms with Gasteiger partial charge < -0.3 is 15.0 Å². The van der Waals surface area contributed by atoms with Gasteiger partial charge in [0.25, 0.3) is 5.91 Å². The van der Waals surface area contributed by atoms with Crippen molar-refractivity contribution in [2.45, 2.75) is 13.0 Å².